The van der Waals surface area contributed by atoms with Crippen LogP contribution in [0.5, 0.6) is 0 Å². The Morgan fingerprint density at radius 2 is 2.00 bits per heavy atom. The van der Waals surface area contributed by atoms with Crippen LogP contribution in [0.4, 0.5) is 4.39 Å². The summed E-state index contributed by atoms with van der Waals surface area (Å²) < 4.78 is 20.3. The zero-order valence-electron chi connectivity index (χ0n) is 12.8. The maximum Gasteiger partial charge on any atom is 0.360 e. The minimum atomic E-state index is -0.625. The fourth-order valence-electron chi connectivity index (χ4n) is 1.97. The molecule has 2 aromatic rings. The molecule has 0 saturated carbocycles. The first kappa shape index (κ1) is 15.2. The van der Waals surface area contributed by atoms with Gasteiger partial charge in [-0.1, -0.05) is 0 Å². The lowest BCUT2D eigenvalue weighted by Gasteiger charge is -2.19. The van der Waals surface area contributed by atoms with E-state index in [9.17, 15) is 9.18 Å². The molecule has 0 aromatic carbocycles. The van der Waals surface area contributed by atoms with Crippen LogP contribution in [0.15, 0.2) is 18.5 Å². The zero-order chi connectivity index (χ0) is 15.8. The summed E-state index contributed by atoms with van der Waals surface area (Å²) in [5.74, 6) is -1.00. The van der Waals surface area contributed by atoms with Gasteiger partial charge in [0.15, 0.2) is 5.69 Å². The van der Waals surface area contributed by atoms with Gasteiger partial charge in [0.1, 0.15) is 11.4 Å². The van der Waals surface area contributed by atoms with Gasteiger partial charge in [-0.2, -0.15) is 5.10 Å². The highest BCUT2D eigenvalue weighted by molar-refractivity contribution is 5.96. The first-order chi connectivity index (χ1) is 9.69. The van der Waals surface area contributed by atoms with Crippen LogP contribution in [0, 0.1) is 12.7 Å². The molecule has 0 fully saturated rings. The van der Waals surface area contributed by atoms with E-state index in [1.165, 1.54) is 12.3 Å². The lowest BCUT2D eigenvalue weighted by molar-refractivity contribution is 0.00629. The van der Waals surface area contributed by atoms with E-state index in [0.29, 0.717) is 11.1 Å². The maximum atomic E-state index is 13.4. The molecule has 0 bridgehead atoms. The monoisotopic (exact) mass is 291 g/mol. The van der Waals surface area contributed by atoms with Crippen molar-refractivity contribution in [3.8, 4) is 11.1 Å². The normalized spacial score (nSPS) is 11.5. The second-order valence-electron chi connectivity index (χ2n) is 5.83. The third kappa shape index (κ3) is 3.26. The minimum Gasteiger partial charge on any atom is -0.455 e. The predicted octanol–water partition coefficient (Wildman–Crippen LogP) is 2.88. The molecule has 0 aliphatic carbocycles. The summed E-state index contributed by atoms with van der Waals surface area (Å²) in [6.07, 6.45) is 2.61. The first-order valence-electron chi connectivity index (χ1n) is 6.57. The number of pyridine rings is 1. The van der Waals surface area contributed by atoms with E-state index in [1.54, 1.807) is 39.4 Å². The van der Waals surface area contributed by atoms with Gasteiger partial charge in [-0.15, -0.1) is 0 Å². The van der Waals surface area contributed by atoms with Crippen LogP contribution in [0.1, 0.15) is 37.0 Å². The molecule has 5 nitrogen and oxygen atoms in total. The molecule has 0 aliphatic rings. The summed E-state index contributed by atoms with van der Waals surface area (Å²) in [6.45, 7) is 7.15. The molecule has 0 N–H and O–H groups in total. The Bertz CT molecular complexity index is 687. The Kier molecular flexibility index (Phi) is 3.80. The number of carbonyl (C=O) groups excluding carboxylic acids is 1. The van der Waals surface area contributed by atoms with Crippen molar-refractivity contribution >= 4 is 5.97 Å². The number of esters is 1. The number of hydrogen-bond donors (Lipinski definition) is 0. The van der Waals surface area contributed by atoms with E-state index in [4.69, 9.17) is 4.74 Å². The molecule has 112 valence electrons. The average molecular weight is 291 g/mol. The zero-order valence-corrected chi connectivity index (χ0v) is 12.8. The number of hydrogen-bond acceptors (Lipinski definition) is 4. The largest absolute Gasteiger partial charge is 0.455 e. The fourth-order valence-corrected chi connectivity index (χ4v) is 1.97. The van der Waals surface area contributed by atoms with E-state index in [1.807, 2.05) is 0 Å². The molecule has 0 atom stereocenters. The third-order valence-corrected chi connectivity index (χ3v) is 2.92. The second-order valence-corrected chi connectivity index (χ2v) is 5.83. The van der Waals surface area contributed by atoms with Gasteiger partial charge in [-0.25, -0.2) is 9.18 Å². The van der Waals surface area contributed by atoms with Crippen LogP contribution < -0.4 is 0 Å². The second kappa shape index (κ2) is 5.27. The summed E-state index contributed by atoms with van der Waals surface area (Å²) in [6, 6.07) is 1.32. The van der Waals surface area contributed by atoms with Crippen molar-refractivity contribution in [2.45, 2.75) is 33.3 Å². The summed E-state index contributed by atoms with van der Waals surface area (Å²) in [5.41, 5.74) is 1.32. The summed E-state index contributed by atoms with van der Waals surface area (Å²) in [7, 11) is 1.72. The summed E-state index contributed by atoms with van der Waals surface area (Å²) in [4.78, 5) is 16.1. The molecule has 6 heteroatoms. The number of aryl methyl sites for hydroxylation is 1. The fraction of sp³-hybridized carbons (Fsp3) is 0.400. The van der Waals surface area contributed by atoms with Gasteiger partial charge < -0.3 is 4.74 Å². The van der Waals surface area contributed by atoms with Gasteiger partial charge in [-0.05, 0) is 33.8 Å². The highest BCUT2D eigenvalue weighted by Gasteiger charge is 2.26. The molecule has 2 rings (SSSR count). The van der Waals surface area contributed by atoms with E-state index in [0.717, 1.165) is 11.9 Å². The van der Waals surface area contributed by atoms with E-state index in [-0.39, 0.29) is 5.69 Å². The highest BCUT2D eigenvalue weighted by atomic mass is 19.1. The molecule has 0 amide bonds. The van der Waals surface area contributed by atoms with Gasteiger partial charge in [0.05, 0.1) is 6.20 Å². The number of aromatic nitrogens is 3. The van der Waals surface area contributed by atoms with Crippen molar-refractivity contribution in [1.82, 2.24) is 14.8 Å². The SMILES string of the molecule is Cc1c(-c2cncc(F)c2)c(C(=O)OC(C)(C)C)nn1C. The Labute approximate surface area is 122 Å². The Balaban J connectivity index is 2.54. The molecule has 0 spiro atoms. The van der Waals surface area contributed by atoms with Gasteiger partial charge in [0, 0.05) is 30.1 Å². The lowest BCUT2D eigenvalue weighted by atomic mass is 10.1. The standard InChI is InChI=1S/C15H18FN3O2/c1-9-12(10-6-11(16)8-17-7-10)13(18-19(9)5)14(20)21-15(2,3)4/h6-8H,1-5H3. The van der Waals surface area contributed by atoms with E-state index in [2.05, 4.69) is 10.1 Å². The van der Waals surface area contributed by atoms with Crippen LogP contribution >= 0.6 is 0 Å². The van der Waals surface area contributed by atoms with Crippen molar-refractivity contribution < 1.29 is 13.9 Å². The number of carbonyl (C=O) groups is 1. The molecule has 2 heterocycles. The van der Waals surface area contributed by atoms with Crippen molar-refractivity contribution in [2.75, 3.05) is 0 Å². The number of nitrogens with zero attached hydrogens (tertiary/aromatic N) is 3. The van der Waals surface area contributed by atoms with E-state index >= 15 is 0 Å². The minimum absolute atomic E-state index is 0.164. The molecular weight excluding hydrogens is 273 g/mol. The number of halogens is 1. The van der Waals surface area contributed by atoms with Crippen LogP contribution in [0.25, 0.3) is 11.1 Å². The van der Waals surface area contributed by atoms with Gasteiger partial charge in [0.25, 0.3) is 0 Å². The van der Waals surface area contributed by atoms with Crippen LogP contribution in [-0.4, -0.2) is 26.3 Å². The van der Waals surface area contributed by atoms with Crippen molar-refractivity contribution in [3.05, 3.63) is 35.7 Å². The number of ether oxygens (including phenoxy) is 1. The van der Waals surface area contributed by atoms with Crippen molar-refractivity contribution in [2.24, 2.45) is 7.05 Å². The molecule has 2 aromatic heterocycles. The Morgan fingerprint density at radius 1 is 1.33 bits per heavy atom. The highest BCUT2D eigenvalue weighted by Crippen LogP contribution is 2.28. The third-order valence-electron chi connectivity index (χ3n) is 2.92. The van der Waals surface area contributed by atoms with Crippen LogP contribution in [-0.2, 0) is 11.8 Å². The Hall–Kier alpha value is -2.24. The van der Waals surface area contributed by atoms with Gasteiger partial charge in [0.2, 0.25) is 0 Å². The lowest BCUT2D eigenvalue weighted by Crippen LogP contribution is -2.24. The quantitative estimate of drug-likeness (QED) is 0.798. The molecule has 0 unspecified atom stereocenters. The summed E-state index contributed by atoms with van der Waals surface area (Å²) >= 11 is 0. The smallest absolute Gasteiger partial charge is 0.360 e. The first-order valence-corrected chi connectivity index (χ1v) is 6.57. The Morgan fingerprint density at radius 3 is 2.57 bits per heavy atom. The van der Waals surface area contributed by atoms with Gasteiger partial charge >= 0.3 is 5.97 Å². The molecule has 0 radical (unpaired) electrons. The number of rotatable bonds is 2. The van der Waals surface area contributed by atoms with Crippen LogP contribution in [0.2, 0.25) is 0 Å². The predicted molar refractivity (Wildman–Crippen MR) is 76.3 cm³/mol. The van der Waals surface area contributed by atoms with Crippen molar-refractivity contribution in [3.63, 3.8) is 0 Å². The molecular formula is C15H18FN3O2. The maximum absolute atomic E-state index is 13.4. The van der Waals surface area contributed by atoms with E-state index < -0.39 is 17.4 Å². The summed E-state index contributed by atoms with van der Waals surface area (Å²) in [5, 5.41) is 4.19. The molecule has 21 heavy (non-hydrogen) atoms. The molecule has 0 aliphatic heterocycles. The average Bonchev–Trinajstić information content (AvgIpc) is 2.64. The van der Waals surface area contributed by atoms with Crippen LogP contribution in [0.3, 0.4) is 0 Å². The van der Waals surface area contributed by atoms with Gasteiger partial charge in [-0.3, -0.25) is 9.67 Å². The van der Waals surface area contributed by atoms with Crippen molar-refractivity contribution in [1.29, 1.82) is 0 Å². The topological polar surface area (TPSA) is 57.0 Å². The molecule has 0 saturated heterocycles.